The molecular formula is C21H20N2OS. The summed E-state index contributed by atoms with van der Waals surface area (Å²) in [7, 11) is 0. The van der Waals surface area contributed by atoms with Gasteiger partial charge in [-0.1, -0.05) is 24.3 Å². The number of thiazole rings is 1. The van der Waals surface area contributed by atoms with Crippen molar-refractivity contribution in [3.05, 3.63) is 64.7 Å². The van der Waals surface area contributed by atoms with E-state index in [0.29, 0.717) is 12.0 Å². The molecule has 5 rings (SSSR count). The van der Waals surface area contributed by atoms with Crippen LogP contribution in [0.4, 0.5) is 0 Å². The van der Waals surface area contributed by atoms with Crippen LogP contribution in [0.25, 0.3) is 10.2 Å². The van der Waals surface area contributed by atoms with E-state index in [9.17, 15) is 4.79 Å². The third kappa shape index (κ3) is 2.47. The molecule has 0 N–H and O–H groups in total. The van der Waals surface area contributed by atoms with E-state index in [1.165, 1.54) is 17.5 Å². The zero-order valence-corrected chi connectivity index (χ0v) is 14.8. The highest BCUT2D eigenvalue weighted by Crippen LogP contribution is 2.41. The van der Waals surface area contributed by atoms with Crippen molar-refractivity contribution >= 4 is 27.5 Å². The van der Waals surface area contributed by atoms with Crippen LogP contribution in [-0.4, -0.2) is 28.4 Å². The zero-order chi connectivity index (χ0) is 16.8. The molecule has 3 nitrogen and oxygen atoms in total. The van der Waals surface area contributed by atoms with Crippen LogP contribution in [0.2, 0.25) is 0 Å². The molecule has 3 aromatic rings. The van der Waals surface area contributed by atoms with Gasteiger partial charge in [-0.3, -0.25) is 4.79 Å². The van der Waals surface area contributed by atoms with E-state index >= 15 is 0 Å². The SMILES string of the molecule is O=C(c1ccc2ncsc2c1)N1CCC[C@@H]2c3ccccc3CC[C@@H]21. The highest BCUT2D eigenvalue weighted by molar-refractivity contribution is 7.16. The third-order valence-electron chi connectivity index (χ3n) is 5.78. The summed E-state index contributed by atoms with van der Waals surface area (Å²) in [6, 6.07) is 15.0. The second kappa shape index (κ2) is 5.95. The molecule has 2 aromatic carbocycles. The molecule has 1 aliphatic heterocycles. The Morgan fingerprint density at radius 3 is 3.04 bits per heavy atom. The lowest BCUT2D eigenvalue weighted by Gasteiger charge is -2.45. The van der Waals surface area contributed by atoms with Crippen LogP contribution >= 0.6 is 11.3 Å². The molecule has 2 atom stereocenters. The molecule has 1 aromatic heterocycles. The van der Waals surface area contributed by atoms with Gasteiger partial charge in [-0.25, -0.2) is 4.98 Å². The first-order chi connectivity index (χ1) is 12.3. The standard InChI is InChI=1S/C21H20N2OS/c24-21(15-7-9-18-20(12-15)25-13-22-18)23-11-3-6-17-16-5-2-1-4-14(16)8-10-19(17)23/h1-2,4-5,7,9,12-13,17,19H,3,6,8,10-11H2/t17-,19+/m1/s1. The number of carbonyl (C=O) groups is 1. The molecule has 4 heteroatoms. The number of piperidine rings is 1. The van der Waals surface area contributed by atoms with Crippen molar-refractivity contribution in [2.75, 3.05) is 6.54 Å². The van der Waals surface area contributed by atoms with Crippen molar-refractivity contribution in [2.24, 2.45) is 0 Å². The molecule has 0 bridgehead atoms. The Kier molecular flexibility index (Phi) is 3.59. The van der Waals surface area contributed by atoms with Gasteiger partial charge in [0.25, 0.3) is 5.91 Å². The lowest BCUT2D eigenvalue weighted by atomic mass is 9.74. The first-order valence-electron chi connectivity index (χ1n) is 9.03. The molecule has 0 radical (unpaired) electrons. The normalized spacial score (nSPS) is 22.5. The quantitative estimate of drug-likeness (QED) is 0.642. The lowest BCUT2D eigenvalue weighted by Crippen LogP contribution is -2.49. The predicted octanol–water partition coefficient (Wildman–Crippen LogP) is 4.63. The summed E-state index contributed by atoms with van der Waals surface area (Å²) in [5, 5.41) is 0. The number of aryl methyl sites for hydroxylation is 1. The molecule has 1 amide bonds. The van der Waals surface area contributed by atoms with Gasteiger partial charge in [0.1, 0.15) is 0 Å². The van der Waals surface area contributed by atoms with Gasteiger partial charge in [0.2, 0.25) is 0 Å². The number of benzene rings is 2. The maximum absolute atomic E-state index is 13.2. The summed E-state index contributed by atoms with van der Waals surface area (Å²) in [5.41, 5.74) is 6.56. The van der Waals surface area contributed by atoms with Crippen molar-refractivity contribution in [3.8, 4) is 0 Å². The summed E-state index contributed by atoms with van der Waals surface area (Å²) < 4.78 is 1.09. The van der Waals surface area contributed by atoms with E-state index in [1.807, 2.05) is 23.7 Å². The van der Waals surface area contributed by atoms with E-state index in [1.54, 1.807) is 11.3 Å². The van der Waals surface area contributed by atoms with Gasteiger partial charge in [-0.05, 0) is 55.0 Å². The number of amides is 1. The van der Waals surface area contributed by atoms with E-state index in [4.69, 9.17) is 0 Å². The van der Waals surface area contributed by atoms with Gasteiger partial charge < -0.3 is 4.90 Å². The summed E-state index contributed by atoms with van der Waals surface area (Å²) in [5.74, 6) is 0.680. The molecule has 25 heavy (non-hydrogen) atoms. The van der Waals surface area contributed by atoms with E-state index in [-0.39, 0.29) is 5.91 Å². The average Bonchev–Trinajstić information content (AvgIpc) is 3.14. The topological polar surface area (TPSA) is 33.2 Å². The van der Waals surface area contributed by atoms with Crippen molar-refractivity contribution in [1.82, 2.24) is 9.88 Å². The average molecular weight is 348 g/mol. The minimum atomic E-state index is 0.185. The van der Waals surface area contributed by atoms with Gasteiger partial charge in [0, 0.05) is 24.1 Å². The molecule has 1 aliphatic carbocycles. The monoisotopic (exact) mass is 348 g/mol. The fourth-order valence-corrected chi connectivity index (χ4v) is 5.33. The Balaban J connectivity index is 1.48. The Hall–Kier alpha value is -2.20. The Morgan fingerprint density at radius 1 is 1.16 bits per heavy atom. The highest BCUT2D eigenvalue weighted by atomic mass is 32.1. The lowest BCUT2D eigenvalue weighted by molar-refractivity contribution is 0.0547. The first-order valence-corrected chi connectivity index (χ1v) is 9.91. The number of hydrogen-bond donors (Lipinski definition) is 0. The third-order valence-corrected chi connectivity index (χ3v) is 6.57. The van der Waals surface area contributed by atoms with Crippen molar-refractivity contribution in [3.63, 3.8) is 0 Å². The van der Waals surface area contributed by atoms with E-state index in [2.05, 4.69) is 34.1 Å². The van der Waals surface area contributed by atoms with Crippen LogP contribution < -0.4 is 0 Å². The Morgan fingerprint density at radius 2 is 2.08 bits per heavy atom. The minimum Gasteiger partial charge on any atom is -0.335 e. The smallest absolute Gasteiger partial charge is 0.254 e. The molecule has 2 heterocycles. The largest absolute Gasteiger partial charge is 0.335 e. The zero-order valence-electron chi connectivity index (χ0n) is 14.0. The van der Waals surface area contributed by atoms with Crippen molar-refractivity contribution < 1.29 is 4.79 Å². The maximum Gasteiger partial charge on any atom is 0.254 e. The molecule has 0 saturated carbocycles. The maximum atomic E-state index is 13.2. The summed E-state index contributed by atoms with van der Waals surface area (Å²) in [6.07, 6.45) is 4.44. The number of rotatable bonds is 1. The highest BCUT2D eigenvalue weighted by Gasteiger charge is 2.38. The van der Waals surface area contributed by atoms with Crippen LogP contribution in [0, 0.1) is 0 Å². The number of nitrogens with zero attached hydrogens (tertiary/aromatic N) is 2. The number of hydrogen-bond acceptors (Lipinski definition) is 3. The van der Waals surface area contributed by atoms with Crippen LogP contribution in [0.5, 0.6) is 0 Å². The molecule has 1 fully saturated rings. The number of carbonyl (C=O) groups excluding carboxylic acids is 1. The van der Waals surface area contributed by atoms with Crippen molar-refractivity contribution in [1.29, 1.82) is 0 Å². The van der Waals surface area contributed by atoms with E-state index < -0.39 is 0 Å². The summed E-state index contributed by atoms with van der Waals surface area (Å²) >= 11 is 1.60. The second-order valence-electron chi connectivity index (χ2n) is 7.09. The number of likely N-dealkylation sites (tertiary alicyclic amines) is 1. The Bertz CT molecular complexity index is 948. The minimum absolute atomic E-state index is 0.185. The van der Waals surface area contributed by atoms with Gasteiger partial charge in [-0.2, -0.15) is 0 Å². The predicted molar refractivity (Wildman–Crippen MR) is 101 cm³/mol. The number of fused-ring (bicyclic) bond motifs is 4. The fraction of sp³-hybridized carbons (Fsp3) is 0.333. The fourth-order valence-electron chi connectivity index (χ4n) is 4.61. The molecule has 1 saturated heterocycles. The van der Waals surface area contributed by atoms with Gasteiger partial charge >= 0.3 is 0 Å². The van der Waals surface area contributed by atoms with E-state index in [0.717, 1.165) is 41.6 Å². The van der Waals surface area contributed by atoms with Crippen LogP contribution in [0.15, 0.2) is 48.0 Å². The molecular weight excluding hydrogens is 328 g/mol. The van der Waals surface area contributed by atoms with Crippen LogP contribution in [0.3, 0.4) is 0 Å². The number of aromatic nitrogens is 1. The summed E-state index contributed by atoms with van der Waals surface area (Å²) in [6.45, 7) is 0.878. The van der Waals surface area contributed by atoms with Crippen molar-refractivity contribution in [2.45, 2.75) is 37.6 Å². The van der Waals surface area contributed by atoms with Gasteiger partial charge in [-0.15, -0.1) is 11.3 Å². The summed E-state index contributed by atoms with van der Waals surface area (Å²) in [4.78, 5) is 19.7. The second-order valence-corrected chi connectivity index (χ2v) is 7.97. The van der Waals surface area contributed by atoms with Crippen LogP contribution in [-0.2, 0) is 6.42 Å². The van der Waals surface area contributed by atoms with Gasteiger partial charge in [0.15, 0.2) is 0 Å². The molecule has 2 aliphatic rings. The Labute approximate surface area is 151 Å². The molecule has 0 spiro atoms. The molecule has 126 valence electrons. The molecule has 0 unspecified atom stereocenters. The first kappa shape index (κ1) is 15.1. The van der Waals surface area contributed by atoms with Crippen LogP contribution in [0.1, 0.15) is 46.7 Å². The van der Waals surface area contributed by atoms with Gasteiger partial charge in [0.05, 0.1) is 15.7 Å².